The molecule has 0 amide bonds. The van der Waals surface area contributed by atoms with Gasteiger partial charge in [-0.25, -0.2) is 4.39 Å². The van der Waals surface area contributed by atoms with Gasteiger partial charge >= 0.3 is 0 Å². The van der Waals surface area contributed by atoms with Gasteiger partial charge in [-0.05, 0) is 86.6 Å². The first-order chi connectivity index (χ1) is 32.4. The molecule has 0 saturated carbocycles. The Bertz CT molecular complexity index is 3460. The van der Waals surface area contributed by atoms with Crippen molar-refractivity contribution in [1.29, 1.82) is 0 Å². The number of furan rings is 1. The molecule has 337 valence electrons. The third-order valence-corrected chi connectivity index (χ3v) is 14.4. The summed E-state index contributed by atoms with van der Waals surface area (Å²) in [5, 5.41) is 3.38. The van der Waals surface area contributed by atoms with Gasteiger partial charge in [-0.2, -0.15) is 0 Å². The van der Waals surface area contributed by atoms with Crippen LogP contribution in [0.4, 0.5) is 4.39 Å². The zero-order valence-corrected chi connectivity index (χ0v) is 42.3. The number of hydrogen-bond acceptors (Lipinski definition) is 3. The molecule has 0 atom stereocenters. The van der Waals surface area contributed by atoms with Crippen molar-refractivity contribution < 1.29 is 28.9 Å². The molecule has 3 aromatic heterocycles. The van der Waals surface area contributed by atoms with Crippen LogP contribution in [0.25, 0.3) is 94.7 Å². The summed E-state index contributed by atoms with van der Waals surface area (Å²) in [4.78, 5) is 9.85. The summed E-state index contributed by atoms with van der Waals surface area (Å²) in [6, 6.07) is 70.0. The van der Waals surface area contributed by atoms with Crippen LogP contribution in [0.15, 0.2) is 199 Å². The molecule has 68 heavy (non-hydrogen) atoms. The Morgan fingerprint density at radius 2 is 1.25 bits per heavy atom. The molecule has 8 aromatic carbocycles. The number of hydrogen-bond donors (Lipinski definition) is 0. The second-order valence-electron chi connectivity index (χ2n) is 19.0. The monoisotopic (exact) mass is 1080 g/mol. The van der Waals surface area contributed by atoms with Crippen LogP contribution in [0, 0.1) is 17.9 Å². The molecule has 11 rings (SSSR count). The fourth-order valence-corrected chi connectivity index (χ4v) is 9.72. The van der Waals surface area contributed by atoms with E-state index in [0.29, 0.717) is 5.58 Å². The molecule has 0 fully saturated rings. The Morgan fingerprint density at radius 1 is 0.603 bits per heavy atom. The third-order valence-electron chi connectivity index (χ3n) is 12.4. The van der Waals surface area contributed by atoms with Crippen LogP contribution < -0.4 is 5.19 Å². The van der Waals surface area contributed by atoms with Crippen molar-refractivity contribution in [2.75, 3.05) is 0 Å². The van der Waals surface area contributed by atoms with Gasteiger partial charge in [0.05, 0.1) is 36.2 Å². The predicted molar refractivity (Wildman–Crippen MR) is 279 cm³/mol. The molecule has 0 bridgehead atoms. The van der Waals surface area contributed by atoms with Crippen molar-refractivity contribution in [1.82, 2.24) is 14.5 Å². The average molecular weight is 1080 g/mol. The molecule has 11 aromatic rings. The van der Waals surface area contributed by atoms with Crippen molar-refractivity contribution in [2.45, 2.75) is 45.8 Å². The summed E-state index contributed by atoms with van der Waals surface area (Å²) in [6.45, 7) is 13.8. The first kappa shape index (κ1) is 46.1. The second-order valence-corrected chi connectivity index (χ2v) is 24.1. The SMILES string of the molecule is CC(C)(C)c1cc(-c2ccccc2)c(-n2c(-c3[c-]ccc4c3oc3cc(-c5ccc(F)cc5)ccc34)nc3ccccc32)c(-c2ccccc2)c1.C[Si](C)(C)c1ccc(-c2[c-]cccc2)nc1.[Ir]. The number of benzene rings is 8. The molecule has 0 aliphatic heterocycles. The Kier molecular flexibility index (Phi) is 12.8. The topological polar surface area (TPSA) is 43.9 Å². The minimum Gasteiger partial charge on any atom is -0.501 e. The Labute approximate surface area is 412 Å². The van der Waals surface area contributed by atoms with Gasteiger partial charge in [-0.15, -0.1) is 54.1 Å². The molecule has 7 heteroatoms. The van der Waals surface area contributed by atoms with E-state index in [1.807, 2.05) is 48.7 Å². The summed E-state index contributed by atoms with van der Waals surface area (Å²) in [7, 11) is -1.23. The quantitative estimate of drug-likeness (QED) is 0.118. The summed E-state index contributed by atoms with van der Waals surface area (Å²) in [6.07, 6.45) is 2.02. The molecule has 0 aliphatic carbocycles. The van der Waals surface area contributed by atoms with Gasteiger partial charge in [0.15, 0.2) is 0 Å². The number of para-hydroxylation sites is 2. The van der Waals surface area contributed by atoms with E-state index in [9.17, 15) is 4.39 Å². The van der Waals surface area contributed by atoms with E-state index in [1.54, 1.807) is 12.1 Å². The summed E-state index contributed by atoms with van der Waals surface area (Å²) >= 11 is 0. The molecule has 0 N–H and O–H groups in total. The largest absolute Gasteiger partial charge is 0.501 e. The van der Waals surface area contributed by atoms with Crippen molar-refractivity contribution >= 4 is 46.2 Å². The molecular formula is C61H50FIrN3OSi-2. The first-order valence-electron chi connectivity index (χ1n) is 22.7. The molecule has 0 unspecified atom stereocenters. The molecule has 4 nitrogen and oxygen atoms in total. The third kappa shape index (κ3) is 9.18. The van der Waals surface area contributed by atoms with Gasteiger partial charge in [0, 0.05) is 42.8 Å². The number of rotatable bonds is 7. The molecule has 3 heterocycles. The van der Waals surface area contributed by atoms with Crippen LogP contribution in [0.2, 0.25) is 19.6 Å². The molecule has 0 saturated heterocycles. The molecule has 0 aliphatic rings. The predicted octanol–water partition coefficient (Wildman–Crippen LogP) is 15.9. The van der Waals surface area contributed by atoms with Crippen LogP contribution in [0.1, 0.15) is 26.3 Å². The van der Waals surface area contributed by atoms with Crippen molar-refractivity contribution in [3.8, 4) is 61.7 Å². The number of imidazole rings is 1. The number of fused-ring (bicyclic) bond motifs is 4. The minimum atomic E-state index is -1.23. The van der Waals surface area contributed by atoms with Gasteiger partial charge in [-0.3, -0.25) is 4.98 Å². The van der Waals surface area contributed by atoms with Crippen LogP contribution in [-0.2, 0) is 25.5 Å². The fourth-order valence-electron chi connectivity index (χ4n) is 8.68. The van der Waals surface area contributed by atoms with Crippen molar-refractivity contribution in [3.05, 3.63) is 218 Å². The zero-order valence-electron chi connectivity index (χ0n) is 38.9. The van der Waals surface area contributed by atoms with Crippen LogP contribution in [0.5, 0.6) is 0 Å². The zero-order chi connectivity index (χ0) is 46.3. The summed E-state index contributed by atoms with van der Waals surface area (Å²) in [5.41, 5.74) is 14.7. The van der Waals surface area contributed by atoms with Crippen LogP contribution in [-0.4, -0.2) is 22.6 Å². The van der Waals surface area contributed by atoms with E-state index in [4.69, 9.17) is 9.40 Å². The molecular weight excluding hydrogens is 1030 g/mol. The standard InChI is InChI=1S/C47H34FN2O.C14H16NSi.Ir/c1-47(2,3)34-28-39(31-13-6-4-7-14-31)44(40(29-34)32-15-8-5-9-16-32)50-42-20-11-10-19-41(42)49-46(50)38-18-12-17-37-36-26-23-33(27-43(36)51-45(37)38)30-21-24-35(48)25-22-30;1-16(2,3)13-9-10-14(15-11-13)12-7-5-4-6-8-12;/h4-17,19-29H,1-3H3;4-7,9-11H,1-3H3;/q2*-1;. The number of pyridine rings is 1. The van der Waals surface area contributed by atoms with Crippen molar-refractivity contribution in [2.24, 2.45) is 0 Å². The average Bonchev–Trinajstić information content (AvgIpc) is 3.93. The summed E-state index contributed by atoms with van der Waals surface area (Å²) < 4.78 is 22.8. The van der Waals surface area contributed by atoms with E-state index in [-0.39, 0.29) is 31.3 Å². The second kappa shape index (κ2) is 18.9. The summed E-state index contributed by atoms with van der Waals surface area (Å²) in [5.74, 6) is 0.489. The van der Waals surface area contributed by atoms with Crippen molar-refractivity contribution in [3.63, 3.8) is 0 Å². The number of aromatic nitrogens is 3. The van der Waals surface area contributed by atoms with E-state index in [0.717, 1.165) is 89.1 Å². The number of nitrogens with zero attached hydrogens (tertiary/aromatic N) is 3. The van der Waals surface area contributed by atoms with E-state index in [1.165, 1.54) is 22.9 Å². The maximum absolute atomic E-state index is 13.7. The Balaban J connectivity index is 0.000000289. The minimum absolute atomic E-state index is 0. The van der Waals surface area contributed by atoms with Gasteiger partial charge in [0.1, 0.15) is 11.4 Å². The molecule has 0 spiro atoms. The van der Waals surface area contributed by atoms with Gasteiger partial charge < -0.3 is 14.0 Å². The van der Waals surface area contributed by atoms with Gasteiger partial charge in [0.25, 0.3) is 0 Å². The Morgan fingerprint density at radius 3 is 1.87 bits per heavy atom. The maximum Gasteiger partial charge on any atom is 0.123 e. The maximum atomic E-state index is 13.7. The van der Waals surface area contributed by atoms with Gasteiger partial charge in [0.2, 0.25) is 0 Å². The van der Waals surface area contributed by atoms with Crippen LogP contribution in [0.3, 0.4) is 0 Å². The molecule has 1 radical (unpaired) electrons. The Hall–Kier alpha value is -7.02. The van der Waals surface area contributed by atoms with E-state index in [2.05, 4.69) is 183 Å². The van der Waals surface area contributed by atoms with Crippen LogP contribution >= 0.6 is 0 Å². The smallest absolute Gasteiger partial charge is 0.123 e. The van der Waals surface area contributed by atoms with E-state index >= 15 is 0 Å². The normalized spacial score (nSPS) is 11.6. The first-order valence-corrected chi connectivity index (χ1v) is 26.2. The van der Waals surface area contributed by atoms with Gasteiger partial charge in [-0.1, -0.05) is 161 Å². The fraction of sp³-hybridized carbons (Fsp3) is 0.115. The van der Waals surface area contributed by atoms with E-state index < -0.39 is 8.07 Å². The number of halogens is 1.